The van der Waals surface area contributed by atoms with Gasteiger partial charge in [-0.2, -0.15) is 0 Å². The highest BCUT2D eigenvalue weighted by Gasteiger charge is 2.09. The molecule has 2 heteroatoms. The summed E-state index contributed by atoms with van der Waals surface area (Å²) in [6.45, 7) is 17.9. The lowest BCUT2D eigenvalue weighted by Gasteiger charge is -2.28. The molecular weight excluding hydrogens is 280 g/mol. The molecule has 0 aromatic heterocycles. The summed E-state index contributed by atoms with van der Waals surface area (Å²) in [6, 6.07) is 0. The number of hydrogen-bond donors (Lipinski definition) is 1. The molecule has 1 N–H and O–H groups in total. The summed E-state index contributed by atoms with van der Waals surface area (Å²) in [7, 11) is 0. The van der Waals surface area contributed by atoms with Crippen LogP contribution in [0.5, 0.6) is 0 Å². The number of allylic oxidation sites excluding steroid dienone is 3. The summed E-state index contributed by atoms with van der Waals surface area (Å²) in [5.41, 5.74) is 2.27. The van der Waals surface area contributed by atoms with Crippen molar-refractivity contribution in [1.82, 2.24) is 10.2 Å². The summed E-state index contributed by atoms with van der Waals surface area (Å²) in [5, 5.41) is 3.28. The quantitative estimate of drug-likeness (QED) is 0.437. The average Bonchev–Trinajstić information content (AvgIpc) is 2.48. The molecule has 0 atom stereocenters. The van der Waals surface area contributed by atoms with Gasteiger partial charge in [-0.3, -0.25) is 0 Å². The molecule has 0 aromatic carbocycles. The monoisotopic (exact) mass is 314 g/mol. The van der Waals surface area contributed by atoms with Crippen molar-refractivity contribution < 1.29 is 0 Å². The molecule has 2 nitrogen and oxygen atoms in total. The molecule has 0 aliphatic rings. The van der Waals surface area contributed by atoms with Crippen molar-refractivity contribution in [2.24, 2.45) is 11.8 Å². The van der Waals surface area contributed by atoms with Gasteiger partial charge in [-0.15, -0.1) is 12.3 Å². The molecule has 128 valence electrons. The maximum Gasteiger partial charge on any atom is 0.0443 e. The third kappa shape index (κ3) is 11.4. The van der Waals surface area contributed by atoms with Crippen molar-refractivity contribution in [3.8, 4) is 12.3 Å². The SMILES string of the molecule is C#CC/C=C\C(=C/NCC)CN(CC(C)C)C(=C)/C=C/C(C)C. The normalized spacial score (nSPS) is 12.3. The van der Waals surface area contributed by atoms with Gasteiger partial charge in [0.25, 0.3) is 0 Å². The van der Waals surface area contributed by atoms with E-state index < -0.39 is 0 Å². The molecule has 0 spiro atoms. The molecule has 0 saturated heterocycles. The summed E-state index contributed by atoms with van der Waals surface area (Å²) in [4.78, 5) is 2.33. The molecule has 0 amide bonds. The van der Waals surface area contributed by atoms with Crippen molar-refractivity contribution in [3.63, 3.8) is 0 Å². The second kappa shape index (κ2) is 12.6. The topological polar surface area (TPSA) is 15.3 Å². The van der Waals surface area contributed by atoms with E-state index in [9.17, 15) is 0 Å². The van der Waals surface area contributed by atoms with Crippen LogP contribution in [0.3, 0.4) is 0 Å². The predicted octanol–water partition coefficient (Wildman–Crippen LogP) is 4.74. The summed E-state index contributed by atoms with van der Waals surface area (Å²) in [6.07, 6.45) is 16.5. The first-order valence-electron chi connectivity index (χ1n) is 8.55. The zero-order valence-electron chi connectivity index (χ0n) is 15.6. The minimum Gasteiger partial charge on any atom is -0.391 e. The Labute approximate surface area is 144 Å². The van der Waals surface area contributed by atoms with Crippen LogP contribution in [0, 0.1) is 24.2 Å². The minimum absolute atomic E-state index is 0.528. The molecule has 23 heavy (non-hydrogen) atoms. The molecule has 0 rings (SSSR count). The van der Waals surface area contributed by atoms with Crippen molar-refractivity contribution in [1.29, 1.82) is 0 Å². The van der Waals surface area contributed by atoms with Gasteiger partial charge >= 0.3 is 0 Å². The summed E-state index contributed by atoms with van der Waals surface area (Å²) >= 11 is 0. The van der Waals surface area contributed by atoms with E-state index in [0.717, 1.165) is 25.3 Å². The Morgan fingerprint density at radius 3 is 2.48 bits per heavy atom. The first kappa shape index (κ1) is 21.1. The van der Waals surface area contributed by atoms with E-state index in [4.69, 9.17) is 6.42 Å². The van der Waals surface area contributed by atoms with Crippen LogP contribution >= 0.6 is 0 Å². The number of nitrogens with zero attached hydrogens (tertiary/aromatic N) is 1. The number of terminal acetylenes is 1. The Balaban J connectivity index is 5.12. The summed E-state index contributed by atoms with van der Waals surface area (Å²) < 4.78 is 0. The lowest BCUT2D eigenvalue weighted by Crippen LogP contribution is -2.28. The number of hydrogen-bond acceptors (Lipinski definition) is 2. The van der Waals surface area contributed by atoms with Gasteiger partial charge in [0.1, 0.15) is 0 Å². The molecule has 0 saturated carbocycles. The van der Waals surface area contributed by atoms with E-state index in [2.05, 4.69) is 81.8 Å². The third-order valence-corrected chi connectivity index (χ3v) is 3.10. The van der Waals surface area contributed by atoms with Gasteiger partial charge in [-0.1, -0.05) is 52.5 Å². The van der Waals surface area contributed by atoms with Crippen LogP contribution in [0.15, 0.2) is 48.4 Å². The molecule has 0 bridgehead atoms. The van der Waals surface area contributed by atoms with Crippen LogP contribution in [0.25, 0.3) is 0 Å². The molecule has 0 aromatic rings. The maximum atomic E-state index is 5.33. The third-order valence-electron chi connectivity index (χ3n) is 3.10. The van der Waals surface area contributed by atoms with Crippen molar-refractivity contribution >= 4 is 0 Å². The van der Waals surface area contributed by atoms with Crippen molar-refractivity contribution in [2.45, 2.75) is 41.0 Å². The van der Waals surface area contributed by atoms with Crippen LogP contribution < -0.4 is 5.32 Å². The van der Waals surface area contributed by atoms with Gasteiger partial charge in [0.2, 0.25) is 0 Å². The molecule has 0 heterocycles. The highest BCUT2D eigenvalue weighted by Crippen LogP contribution is 2.13. The highest BCUT2D eigenvalue weighted by molar-refractivity contribution is 5.24. The van der Waals surface area contributed by atoms with Crippen LogP contribution in [-0.4, -0.2) is 24.5 Å². The Bertz CT molecular complexity index is 459. The largest absolute Gasteiger partial charge is 0.391 e. The molecule has 0 aliphatic heterocycles. The van der Waals surface area contributed by atoms with Crippen LogP contribution in [0.1, 0.15) is 41.0 Å². The second-order valence-corrected chi connectivity index (χ2v) is 6.46. The van der Waals surface area contributed by atoms with Gasteiger partial charge in [-0.05, 0) is 30.4 Å². The zero-order chi connectivity index (χ0) is 17.7. The lowest BCUT2D eigenvalue weighted by molar-refractivity contribution is 0.337. The van der Waals surface area contributed by atoms with E-state index >= 15 is 0 Å². The lowest BCUT2D eigenvalue weighted by atomic mass is 10.1. The van der Waals surface area contributed by atoms with E-state index in [0.29, 0.717) is 18.3 Å². The Hall–Kier alpha value is -1.88. The standard InChI is InChI=1S/C21H34N2/c1-8-10-11-12-21(15-22-9-2)17-23(16-19(5)6)20(7)14-13-18(3)4/h1,11-15,18-19,22H,7,9-10,16-17H2,2-6H3/b12-11-,14-13+,21-15+. The zero-order valence-corrected chi connectivity index (χ0v) is 15.6. The smallest absolute Gasteiger partial charge is 0.0443 e. The average molecular weight is 315 g/mol. The number of rotatable bonds is 11. The summed E-state index contributed by atoms with van der Waals surface area (Å²) in [5.74, 6) is 3.75. The molecule has 0 unspecified atom stereocenters. The van der Waals surface area contributed by atoms with E-state index in [1.54, 1.807) is 0 Å². The van der Waals surface area contributed by atoms with E-state index in [1.807, 2.05) is 6.08 Å². The molecule has 0 aliphatic carbocycles. The Morgan fingerprint density at radius 1 is 1.26 bits per heavy atom. The fourth-order valence-electron chi connectivity index (χ4n) is 2.01. The van der Waals surface area contributed by atoms with Gasteiger partial charge in [-0.25, -0.2) is 0 Å². The molecule has 0 radical (unpaired) electrons. The van der Waals surface area contributed by atoms with E-state index in [-0.39, 0.29) is 0 Å². The van der Waals surface area contributed by atoms with Gasteiger partial charge in [0.05, 0.1) is 0 Å². The predicted molar refractivity (Wildman–Crippen MR) is 104 cm³/mol. The Morgan fingerprint density at radius 2 is 1.96 bits per heavy atom. The van der Waals surface area contributed by atoms with Gasteiger partial charge < -0.3 is 10.2 Å². The minimum atomic E-state index is 0.528. The fourth-order valence-corrected chi connectivity index (χ4v) is 2.01. The molecular formula is C21H34N2. The first-order valence-corrected chi connectivity index (χ1v) is 8.55. The van der Waals surface area contributed by atoms with Crippen LogP contribution in [0.4, 0.5) is 0 Å². The first-order chi connectivity index (χ1) is 10.9. The van der Waals surface area contributed by atoms with Crippen LogP contribution in [-0.2, 0) is 0 Å². The van der Waals surface area contributed by atoms with Crippen molar-refractivity contribution in [2.75, 3.05) is 19.6 Å². The van der Waals surface area contributed by atoms with Crippen LogP contribution in [0.2, 0.25) is 0 Å². The van der Waals surface area contributed by atoms with Crippen molar-refractivity contribution in [3.05, 3.63) is 48.4 Å². The van der Waals surface area contributed by atoms with Gasteiger partial charge in [0, 0.05) is 38.0 Å². The van der Waals surface area contributed by atoms with E-state index in [1.165, 1.54) is 5.57 Å². The highest BCUT2D eigenvalue weighted by atomic mass is 15.1. The van der Waals surface area contributed by atoms with Gasteiger partial charge in [0.15, 0.2) is 0 Å². The fraction of sp³-hybridized carbons (Fsp3) is 0.524. The maximum absolute atomic E-state index is 5.33. The second-order valence-electron chi connectivity index (χ2n) is 6.46. The molecule has 0 fully saturated rings. The Kier molecular flexibility index (Phi) is 11.6. The number of nitrogens with one attached hydrogen (secondary N) is 1.